The van der Waals surface area contributed by atoms with E-state index < -0.39 is 6.10 Å². The molecule has 1 aromatic carbocycles. The fourth-order valence-electron chi connectivity index (χ4n) is 1.61. The fraction of sp³-hybridized carbons (Fsp3) is 0.273. The predicted molar refractivity (Wildman–Crippen MR) is 66.1 cm³/mol. The summed E-state index contributed by atoms with van der Waals surface area (Å²) < 4.78 is 1.61. The van der Waals surface area contributed by atoms with Crippen molar-refractivity contribution in [3.05, 3.63) is 46.0 Å². The van der Waals surface area contributed by atoms with Crippen LogP contribution in [-0.2, 0) is 13.5 Å². The number of aryl methyl sites for hydroxylation is 1. The van der Waals surface area contributed by atoms with Crippen molar-refractivity contribution in [2.45, 2.75) is 12.5 Å². The third kappa shape index (κ3) is 2.60. The van der Waals surface area contributed by atoms with E-state index in [0.29, 0.717) is 27.9 Å². The van der Waals surface area contributed by atoms with Crippen molar-refractivity contribution in [2.24, 2.45) is 7.05 Å². The highest BCUT2D eigenvalue weighted by Gasteiger charge is 2.17. The van der Waals surface area contributed by atoms with Gasteiger partial charge in [-0.25, -0.2) is 4.98 Å². The maximum absolute atomic E-state index is 10.1. The highest BCUT2D eigenvalue weighted by atomic mass is 35.5. The first-order valence-corrected chi connectivity index (χ1v) is 5.80. The quantitative estimate of drug-likeness (QED) is 0.933. The van der Waals surface area contributed by atoms with Crippen molar-refractivity contribution in [1.82, 2.24) is 14.8 Å². The predicted octanol–water partition coefficient (Wildman–Crippen LogP) is 2.40. The number of nitrogens with zero attached hydrogens (tertiary/aromatic N) is 3. The second-order valence-electron chi connectivity index (χ2n) is 3.66. The Labute approximate surface area is 109 Å². The van der Waals surface area contributed by atoms with E-state index in [1.54, 1.807) is 29.9 Å². The van der Waals surface area contributed by atoms with Gasteiger partial charge >= 0.3 is 0 Å². The second-order valence-corrected chi connectivity index (χ2v) is 4.47. The number of halogens is 2. The average Bonchev–Trinajstić information content (AvgIpc) is 2.64. The van der Waals surface area contributed by atoms with Crippen molar-refractivity contribution in [3.8, 4) is 0 Å². The molecule has 17 heavy (non-hydrogen) atoms. The van der Waals surface area contributed by atoms with Crippen molar-refractivity contribution in [3.63, 3.8) is 0 Å². The molecule has 0 saturated carbocycles. The maximum atomic E-state index is 10.1. The molecule has 1 unspecified atom stereocenters. The van der Waals surface area contributed by atoms with E-state index in [1.165, 1.54) is 6.33 Å². The summed E-state index contributed by atoms with van der Waals surface area (Å²) in [6.45, 7) is 0. The van der Waals surface area contributed by atoms with Crippen LogP contribution in [0.3, 0.4) is 0 Å². The van der Waals surface area contributed by atoms with Crippen LogP contribution >= 0.6 is 23.2 Å². The molecule has 0 amide bonds. The summed E-state index contributed by atoms with van der Waals surface area (Å²) in [5.41, 5.74) is 0.527. The third-order valence-corrected chi connectivity index (χ3v) is 3.17. The van der Waals surface area contributed by atoms with Crippen molar-refractivity contribution in [1.29, 1.82) is 0 Å². The minimum atomic E-state index is -0.793. The summed E-state index contributed by atoms with van der Waals surface area (Å²) in [6, 6.07) is 5.13. The molecule has 0 aliphatic carbocycles. The van der Waals surface area contributed by atoms with Crippen LogP contribution in [0, 0.1) is 0 Å². The topological polar surface area (TPSA) is 50.9 Å². The molecule has 0 bridgehead atoms. The molecule has 0 spiro atoms. The number of hydrogen-bond donors (Lipinski definition) is 1. The normalized spacial score (nSPS) is 12.7. The Kier molecular flexibility index (Phi) is 3.66. The van der Waals surface area contributed by atoms with E-state index in [2.05, 4.69) is 10.1 Å². The van der Waals surface area contributed by atoms with Crippen LogP contribution in [0.2, 0.25) is 10.0 Å². The smallest absolute Gasteiger partial charge is 0.138 e. The molecule has 0 radical (unpaired) electrons. The van der Waals surface area contributed by atoms with E-state index in [1.807, 2.05) is 0 Å². The molecule has 1 N–H and O–H groups in total. The highest BCUT2D eigenvalue weighted by Crippen LogP contribution is 2.31. The zero-order valence-corrected chi connectivity index (χ0v) is 10.7. The third-order valence-electron chi connectivity index (χ3n) is 2.51. The van der Waals surface area contributed by atoms with Gasteiger partial charge in [0.2, 0.25) is 0 Å². The number of hydrogen-bond acceptors (Lipinski definition) is 3. The Morgan fingerprint density at radius 2 is 2.00 bits per heavy atom. The van der Waals surface area contributed by atoms with E-state index in [-0.39, 0.29) is 0 Å². The molecule has 90 valence electrons. The summed E-state index contributed by atoms with van der Waals surface area (Å²) in [7, 11) is 1.77. The Morgan fingerprint density at radius 3 is 2.53 bits per heavy atom. The Bertz CT molecular complexity index is 507. The van der Waals surface area contributed by atoms with Crippen molar-refractivity contribution in [2.75, 3.05) is 0 Å². The van der Waals surface area contributed by atoms with Crippen molar-refractivity contribution < 1.29 is 5.11 Å². The largest absolute Gasteiger partial charge is 0.388 e. The van der Waals surface area contributed by atoms with Gasteiger partial charge in [0, 0.05) is 29.1 Å². The monoisotopic (exact) mass is 271 g/mol. The second kappa shape index (κ2) is 5.04. The lowest BCUT2D eigenvalue weighted by molar-refractivity contribution is 0.174. The highest BCUT2D eigenvalue weighted by molar-refractivity contribution is 6.36. The van der Waals surface area contributed by atoms with Crippen LogP contribution in [0.5, 0.6) is 0 Å². The molecule has 1 atom stereocenters. The minimum Gasteiger partial charge on any atom is -0.388 e. The number of aliphatic hydroxyl groups excluding tert-OH is 1. The van der Waals surface area contributed by atoms with E-state index in [9.17, 15) is 5.11 Å². The summed E-state index contributed by atoms with van der Waals surface area (Å²) in [6.07, 6.45) is 0.968. The van der Waals surface area contributed by atoms with Gasteiger partial charge in [-0.15, -0.1) is 0 Å². The van der Waals surface area contributed by atoms with Gasteiger partial charge in [0.15, 0.2) is 0 Å². The standard InChI is InChI=1S/C11H11Cl2N3O/c1-16-10(14-6-15-16)5-9(17)11-7(12)3-2-4-8(11)13/h2-4,6,9,17H,5H2,1H3. The van der Waals surface area contributed by atoms with Crippen LogP contribution < -0.4 is 0 Å². The molecule has 0 saturated heterocycles. The van der Waals surface area contributed by atoms with E-state index in [0.717, 1.165) is 0 Å². The molecule has 6 heteroatoms. The lowest BCUT2D eigenvalue weighted by Gasteiger charge is -2.13. The van der Waals surface area contributed by atoms with E-state index in [4.69, 9.17) is 23.2 Å². The van der Waals surface area contributed by atoms with Gasteiger partial charge < -0.3 is 5.11 Å². The van der Waals surface area contributed by atoms with Gasteiger partial charge in [-0.05, 0) is 12.1 Å². The molecule has 0 fully saturated rings. The van der Waals surface area contributed by atoms with Crippen LogP contribution in [0.25, 0.3) is 0 Å². The molecule has 0 aliphatic rings. The number of benzene rings is 1. The zero-order chi connectivity index (χ0) is 12.4. The molecule has 1 aromatic heterocycles. The zero-order valence-electron chi connectivity index (χ0n) is 9.14. The van der Waals surface area contributed by atoms with Gasteiger partial charge in [-0.2, -0.15) is 5.10 Å². The Morgan fingerprint density at radius 1 is 1.35 bits per heavy atom. The van der Waals surface area contributed by atoms with Crippen LogP contribution in [0.15, 0.2) is 24.5 Å². The average molecular weight is 272 g/mol. The molecule has 0 aliphatic heterocycles. The summed E-state index contributed by atoms with van der Waals surface area (Å²) >= 11 is 12.0. The van der Waals surface area contributed by atoms with E-state index >= 15 is 0 Å². The molecule has 4 nitrogen and oxygen atoms in total. The molecular weight excluding hydrogens is 261 g/mol. The molecule has 2 aromatic rings. The molecular formula is C11H11Cl2N3O. The summed E-state index contributed by atoms with van der Waals surface area (Å²) in [4.78, 5) is 4.05. The number of rotatable bonds is 3. The SMILES string of the molecule is Cn1ncnc1CC(O)c1c(Cl)cccc1Cl. The first-order chi connectivity index (χ1) is 8.09. The first kappa shape index (κ1) is 12.4. The Hall–Kier alpha value is -1.10. The summed E-state index contributed by atoms with van der Waals surface area (Å²) in [5, 5.41) is 15.0. The van der Waals surface area contributed by atoms with Crippen molar-refractivity contribution >= 4 is 23.2 Å². The summed E-state index contributed by atoms with van der Waals surface area (Å²) in [5.74, 6) is 0.675. The number of aromatic nitrogens is 3. The van der Waals surface area contributed by atoms with Crippen LogP contribution in [-0.4, -0.2) is 19.9 Å². The fourth-order valence-corrected chi connectivity index (χ4v) is 2.26. The lowest BCUT2D eigenvalue weighted by Crippen LogP contribution is -2.08. The van der Waals surface area contributed by atoms with Gasteiger partial charge in [0.25, 0.3) is 0 Å². The van der Waals surface area contributed by atoms with Crippen LogP contribution in [0.4, 0.5) is 0 Å². The van der Waals surface area contributed by atoms with Crippen LogP contribution in [0.1, 0.15) is 17.5 Å². The maximum Gasteiger partial charge on any atom is 0.138 e. The number of aliphatic hydroxyl groups is 1. The van der Waals surface area contributed by atoms with Gasteiger partial charge in [-0.1, -0.05) is 29.3 Å². The minimum absolute atomic E-state index is 0.319. The first-order valence-electron chi connectivity index (χ1n) is 5.04. The van der Waals surface area contributed by atoms with Gasteiger partial charge in [-0.3, -0.25) is 4.68 Å². The lowest BCUT2D eigenvalue weighted by atomic mass is 10.1. The van der Waals surface area contributed by atoms with Gasteiger partial charge in [0.1, 0.15) is 12.2 Å². The van der Waals surface area contributed by atoms with Gasteiger partial charge in [0.05, 0.1) is 6.10 Å². The molecule has 2 rings (SSSR count). The Balaban J connectivity index is 2.26. The molecule has 1 heterocycles.